The van der Waals surface area contributed by atoms with Crippen LogP contribution in [0.15, 0.2) is 43.1 Å². The molecular formula is C16H18N2. The molecule has 0 spiro atoms. The van der Waals surface area contributed by atoms with Gasteiger partial charge in [-0.3, -0.25) is 0 Å². The first kappa shape index (κ1) is 12.4. The molecule has 2 heteroatoms. The lowest BCUT2D eigenvalue weighted by Gasteiger charge is -2.05. The molecule has 0 atom stereocenters. The Morgan fingerprint density at radius 2 is 2.11 bits per heavy atom. The van der Waals surface area contributed by atoms with E-state index in [1.807, 2.05) is 24.3 Å². The molecular weight excluding hydrogens is 220 g/mol. The summed E-state index contributed by atoms with van der Waals surface area (Å²) in [5.41, 5.74) is 1.95. The maximum Gasteiger partial charge on any atom is 0.0991 e. The molecule has 0 unspecified atom stereocenters. The molecule has 0 N–H and O–H groups in total. The van der Waals surface area contributed by atoms with E-state index >= 15 is 0 Å². The Hall–Kier alpha value is -2.01. The van der Waals surface area contributed by atoms with Gasteiger partial charge in [-0.05, 0) is 43.5 Å². The average molecular weight is 238 g/mol. The van der Waals surface area contributed by atoms with E-state index < -0.39 is 0 Å². The molecule has 0 aliphatic heterocycles. The van der Waals surface area contributed by atoms with Gasteiger partial charge in [0.25, 0.3) is 0 Å². The maximum atomic E-state index is 8.86. The van der Waals surface area contributed by atoms with Crippen molar-refractivity contribution in [3.8, 4) is 6.07 Å². The zero-order valence-electron chi connectivity index (χ0n) is 10.6. The van der Waals surface area contributed by atoms with Crippen molar-refractivity contribution in [3.05, 3.63) is 48.7 Å². The Morgan fingerprint density at radius 1 is 1.22 bits per heavy atom. The predicted octanol–water partition coefficient (Wildman–Crippen LogP) is 4.26. The third kappa shape index (κ3) is 2.81. The van der Waals surface area contributed by atoms with Gasteiger partial charge in [0.15, 0.2) is 0 Å². The van der Waals surface area contributed by atoms with Crippen molar-refractivity contribution < 1.29 is 0 Å². The summed E-state index contributed by atoms with van der Waals surface area (Å²) in [5, 5.41) is 10.0. The summed E-state index contributed by atoms with van der Waals surface area (Å²) in [7, 11) is 0. The van der Waals surface area contributed by atoms with Crippen LogP contribution in [0.5, 0.6) is 0 Å². The van der Waals surface area contributed by atoms with E-state index in [1.165, 1.54) is 24.8 Å². The van der Waals surface area contributed by atoms with Crippen LogP contribution in [0.4, 0.5) is 0 Å². The minimum atomic E-state index is 0.728. The number of aromatic nitrogens is 1. The summed E-state index contributed by atoms with van der Waals surface area (Å²) in [6.45, 7) is 4.78. The number of nitriles is 1. The summed E-state index contributed by atoms with van der Waals surface area (Å²) in [5.74, 6) is 0. The third-order valence-electron chi connectivity index (χ3n) is 3.21. The zero-order valence-corrected chi connectivity index (χ0v) is 10.6. The van der Waals surface area contributed by atoms with Crippen LogP contribution in [0.3, 0.4) is 0 Å². The number of nitrogens with zero attached hydrogens (tertiary/aromatic N) is 2. The summed E-state index contributed by atoms with van der Waals surface area (Å²) < 4.78 is 2.27. The normalized spacial score (nSPS) is 10.4. The Labute approximate surface area is 108 Å². The molecule has 0 radical (unpaired) electrons. The second kappa shape index (κ2) is 6.07. The van der Waals surface area contributed by atoms with Crippen LogP contribution in [-0.2, 0) is 6.54 Å². The molecule has 2 aromatic rings. The van der Waals surface area contributed by atoms with Gasteiger partial charge in [0, 0.05) is 23.6 Å². The number of fused-ring (bicyclic) bond motifs is 1. The topological polar surface area (TPSA) is 28.7 Å². The number of hydrogen-bond acceptors (Lipinski definition) is 1. The highest BCUT2D eigenvalue weighted by Gasteiger charge is 2.01. The molecule has 0 fully saturated rings. The molecule has 0 saturated heterocycles. The summed E-state index contributed by atoms with van der Waals surface area (Å²) in [6, 6.07) is 10.1. The van der Waals surface area contributed by atoms with E-state index in [-0.39, 0.29) is 0 Å². The number of allylic oxidation sites excluding steroid dienone is 1. The first-order valence-electron chi connectivity index (χ1n) is 6.45. The number of benzene rings is 1. The van der Waals surface area contributed by atoms with Crippen LogP contribution in [0.25, 0.3) is 10.9 Å². The van der Waals surface area contributed by atoms with Gasteiger partial charge < -0.3 is 4.57 Å². The van der Waals surface area contributed by atoms with Gasteiger partial charge >= 0.3 is 0 Å². The summed E-state index contributed by atoms with van der Waals surface area (Å²) in [6.07, 6.45) is 8.85. The Balaban J connectivity index is 2.01. The molecule has 1 aromatic carbocycles. The minimum absolute atomic E-state index is 0.728. The van der Waals surface area contributed by atoms with Crippen molar-refractivity contribution in [2.45, 2.75) is 32.2 Å². The number of unbranched alkanes of at least 4 members (excludes halogenated alkanes) is 3. The molecule has 0 bridgehead atoms. The van der Waals surface area contributed by atoms with Gasteiger partial charge in [0.05, 0.1) is 11.6 Å². The second-order valence-electron chi connectivity index (χ2n) is 4.53. The van der Waals surface area contributed by atoms with E-state index in [9.17, 15) is 0 Å². The molecule has 0 saturated carbocycles. The molecule has 2 rings (SSSR count). The van der Waals surface area contributed by atoms with Crippen LogP contribution >= 0.6 is 0 Å². The smallest absolute Gasteiger partial charge is 0.0991 e. The SMILES string of the molecule is C=CCCCCCn1ccc2cc(C#N)ccc21. The minimum Gasteiger partial charge on any atom is -0.347 e. The van der Waals surface area contributed by atoms with Gasteiger partial charge in [-0.25, -0.2) is 0 Å². The van der Waals surface area contributed by atoms with Crippen LogP contribution in [0.2, 0.25) is 0 Å². The fourth-order valence-corrected chi connectivity index (χ4v) is 2.21. The third-order valence-corrected chi connectivity index (χ3v) is 3.21. The fraction of sp³-hybridized carbons (Fsp3) is 0.312. The highest BCUT2D eigenvalue weighted by Crippen LogP contribution is 2.18. The molecule has 0 amide bonds. The Kier molecular flexibility index (Phi) is 4.20. The van der Waals surface area contributed by atoms with Crippen molar-refractivity contribution in [2.75, 3.05) is 0 Å². The van der Waals surface area contributed by atoms with Crippen molar-refractivity contribution in [1.82, 2.24) is 4.57 Å². The van der Waals surface area contributed by atoms with Crippen LogP contribution < -0.4 is 0 Å². The molecule has 0 aliphatic rings. The maximum absolute atomic E-state index is 8.86. The highest BCUT2D eigenvalue weighted by atomic mass is 14.9. The largest absolute Gasteiger partial charge is 0.347 e. The van der Waals surface area contributed by atoms with Crippen molar-refractivity contribution in [1.29, 1.82) is 5.26 Å². The van der Waals surface area contributed by atoms with Gasteiger partial charge in [0.2, 0.25) is 0 Å². The lowest BCUT2D eigenvalue weighted by Crippen LogP contribution is -1.95. The quantitative estimate of drug-likeness (QED) is 0.546. The van der Waals surface area contributed by atoms with E-state index in [4.69, 9.17) is 5.26 Å². The molecule has 1 aromatic heterocycles. The van der Waals surface area contributed by atoms with E-state index in [0.29, 0.717) is 0 Å². The van der Waals surface area contributed by atoms with Gasteiger partial charge in [0.1, 0.15) is 0 Å². The number of rotatable bonds is 6. The lowest BCUT2D eigenvalue weighted by atomic mass is 10.1. The Morgan fingerprint density at radius 3 is 2.89 bits per heavy atom. The number of aryl methyl sites for hydroxylation is 1. The summed E-state index contributed by atoms with van der Waals surface area (Å²) in [4.78, 5) is 0. The van der Waals surface area contributed by atoms with Crippen LogP contribution in [-0.4, -0.2) is 4.57 Å². The van der Waals surface area contributed by atoms with E-state index in [0.717, 1.165) is 23.9 Å². The number of hydrogen-bond donors (Lipinski definition) is 0. The molecule has 1 heterocycles. The molecule has 0 aliphatic carbocycles. The molecule has 92 valence electrons. The monoisotopic (exact) mass is 238 g/mol. The van der Waals surface area contributed by atoms with E-state index in [1.54, 1.807) is 0 Å². The van der Waals surface area contributed by atoms with Crippen molar-refractivity contribution in [3.63, 3.8) is 0 Å². The lowest BCUT2D eigenvalue weighted by molar-refractivity contribution is 0.603. The Bertz CT molecular complexity index is 572. The highest BCUT2D eigenvalue weighted by molar-refractivity contribution is 5.81. The van der Waals surface area contributed by atoms with Crippen LogP contribution in [0, 0.1) is 11.3 Å². The average Bonchev–Trinajstić information content (AvgIpc) is 2.81. The van der Waals surface area contributed by atoms with Crippen molar-refractivity contribution >= 4 is 10.9 Å². The summed E-state index contributed by atoms with van der Waals surface area (Å²) >= 11 is 0. The standard InChI is InChI=1S/C16H18N2/c1-2-3-4-5-6-10-18-11-9-15-12-14(13-17)7-8-16(15)18/h2,7-9,11-12H,1,3-6,10H2. The molecule has 2 nitrogen and oxygen atoms in total. The predicted molar refractivity (Wildman–Crippen MR) is 75.3 cm³/mol. The molecule has 18 heavy (non-hydrogen) atoms. The van der Waals surface area contributed by atoms with Gasteiger partial charge in [-0.15, -0.1) is 6.58 Å². The first-order chi connectivity index (χ1) is 8.85. The first-order valence-corrected chi connectivity index (χ1v) is 6.45. The second-order valence-corrected chi connectivity index (χ2v) is 4.53. The zero-order chi connectivity index (χ0) is 12.8. The fourth-order valence-electron chi connectivity index (χ4n) is 2.21. The van der Waals surface area contributed by atoms with Crippen LogP contribution in [0.1, 0.15) is 31.2 Å². The van der Waals surface area contributed by atoms with Gasteiger partial charge in [-0.1, -0.05) is 12.5 Å². The van der Waals surface area contributed by atoms with E-state index in [2.05, 4.69) is 29.5 Å². The van der Waals surface area contributed by atoms with Crippen molar-refractivity contribution in [2.24, 2.45) is 0 Å². The van der Waals surface area contributed by atoms with Gasteiger partial charge in [-0.2, -0.15) is 5.26 Å².